The van der Waals surface area contributed by atoms with Gasteiger partial charge in [0.2, 0.25) is 0 Å². The van der Waals surface area contributed by atoms with Gasteiger partial charge >= 0.3 is 0 Å². The number of rotatable bonds is 8. The molecule has 2 unspecified atom stereocenters. The number of benzene rings is 4. The van der Waals surface area contributed by atoms with E-state index in [1.54, 1.807) is 21.8 Å². The Bertz CT molecular complexity index is 2040. The lowest BCUT2D eigenvalue weighted by atomic mass is 9.74. The summed E-state index contributed by atoms with van der Waals surface area (Å²) in [5.41, 5.74) is 11.6. The summed E-state index contributed by atoms with van der Waals surface area (Å²) in [5, 5.41) is 6.10. The molecule has 5 aliphatic rings. The maximum Gasteiger partial charge on any atom is 0.0723 e. The van der Waals surface area contributed by atoms with Gasteiger partial charge in [-0.1, -0.05) is 159 Å². The summed E-state index contributed by atoms with van der Waals surface area (Å²) in [4.78, 5) is 11.1. The Labute approximate surface area is 312 Å². The van der Waals surface area contributed by atoms with Gasteiger partial charge in [-0.25, -0.2) is 0 Å². The van der Waals surface area contributed by atoms with E-state index in [-0.39, 0.29) is 22.9 Å². The molecule has 260 valence electrons. The maximum absolute atomic E-state index is 5.56. The van der Waals surface area contributed by atoms with E-state index >= 15 is 0 Å². The minimum Gasteiger partial charge on any atom is -0.287 e. The summed E-state index contributed by atoms with van der Waals surface area (Å²) in [6.45, 7) is 9.76. The first-order valence-electron chi connectivity index (χ1n) is 19.1. The normalized spacial score (nSPS) is 29.9. The average molecular weight is 715 g/mol. The lowest BCUT2D eigenvalue weighted by molar-refractivity contribution is 0.390. The van der Waals surface area contributed by atoms with Crippen LogP contribution in [0, 0.1) is 10.8 Å². The summed E-state index contributed by atoms with van der Waals surface area (Å²) in [6, 6.07) is 45.0. The van der Waals surface area contributed by atoms with Crippen LogP contribution in [0.25, 0.3) is 21.8 Å². The standard InChI is InChI=1S/C48H48N2P2/c1-33-45(37-23-13-7-14-24-37)51-31-47(33,3)43(35-19-9-5-10-20-35)41(51)29-49-39-27-17-18-28-40(39)50-30-42-44(36-21-11-6-12-22-36)48(4)32-52(42)46(34(48)2)38-25-15-8-16-26-38/h5-16,19-26,29-30,39-40H,17-18,27-28,31-32H2,1-4H3/t39-,40-,47+,48+,51?,52?/m0/s1. The van der Waals surface area contributed by atoms with Gasteiger partial charge in [0.25, 0.3) is 0 Å². The molecule has 1 fully saturated rings. The van der Waals surface area contributed by atoms with Crippen LogP contribution in [0.15, 0.2) is 153 Å². The molecule has 2 nitrogen and oxygen atoms in total. The third-order valence-corrected chi connectivity index (χ3v) is 18.7. The lowest BCUT2D eigenvalue weighted by Crippen LogP contribution is -2.27. The minimum atomic E-state index is -0.490. The smallest absolute Gasteiger partial charge is 0.0723 e. The first-order chi connectivity index (χ1) is 25.4. The molecule has 4 aromatic carbocycles. The van der Waals surface area contributed by atoms with Crippen molar-refractivity contribution < 1.29 is 0 Å². The van der Waals surface area contributed by atoms with Crippen molar-refractivity contribution in [3.8, 4) is 0 Å². The van der Waals surface area contributed by atoms with Crippen LogP contribution in [0.3, 0.4) is 0 Å². The molecule has 9 rings (SSSR count). The van der Waals surface area contributed by atoms with E-state index in [1.807, 2.05) is 0 Å². The van der Waals surface area contributed by atoms with Crippen LogP contribution in [0.4, 0.5) is 0 Å². The number of fused-ring (bicyclic) bond motifs is 4. The first kappa shape index (κ1) is 33.8. The molecule has 4 aliphatic heterocycles. The fourth-order valence-corrected chi connectivity index (χ4v) is 17.0. The van der Waals surface area contributed by atoms with E-state index in [1.165, 1.54) is 69.2 Å². The topological polar surface area (TPSA) is 24.7 Å². The van der Waals surface area contributed by atoms with Crippen molar-refractivity contribution in [1.82, 2.24) is 0 Å². The van der Waals surface area contributed by atoms with Gasteiger partial charge in [0, 0.05) is 33.9 Å². The highest BCUT2D eigenvalue weighted by Gasteiger charge is 2.53. The molecule has 0 spiro atoms. The zero-order chi connectivity index (χ0) is 35.5. The molecule has 52 heavy (non-hydrogen) atoms. The van der Waals surface area contributed by atoms with E-state index in [2.05, 4.69) is 161 Å². The van der Waals surface area contributed by atoms with E-state index in [9.17, 15) is 0 Å². The molecular formula is C48H48N2P2. The fourth-order valence-electron chi connectivity index (χ4n) is 9.85. The molecule has 4 bridgehead atoms. The van der Waals surface area contributed by atoms with Crippen LogP contribution in [-0.4, -0.2) is 36.8 Å². The molecule has 0 amide bonds. The van der Waals surface area contributed by atoms with Crippen molar-refractivity contribution in [2.45, 2.75) is 65.5 Å². The molecule has 4 heteroatoms. The minimum absolute atomic E-state index is 0.0339. The van der Waals surface area contributed by atoms with Crippen molar-refractivity contribution in [1.29, 1.82) is 0 Å². The zero-order valence-electron chi connectivity index (χ0n) is 30.9. The number of hydrogen-bond acceptors (Lipinski definition) is 2. The fraction of sp³-hybridized carbons (Fsp3) is 0.292. The van der Waals surface area contributed by atoms with Crippen LogP contribution < -0.4 is 0 Å². The molecule has 0 aromatic heterocycles. The van der Waals surface area contributed by atoms with Gasteiger partial charge in [0.15, 0.2) is 0 Å². The highest BCUT2D eigenvalue weighted by molar-refractivity contribution is 7.75. The van der Waals surface area contributed by atoms with Crippen molar-refractivity contribution in [2.75, 3.05) is 12.3 Å². The second kappa shape index (κ2) is 13.5. The monoisotopic (exact) mass is 714 g/mol. The summed E-state index contributed by atoms with van der Waals surface area (Å²) in [5.74, 6) is 0. The summed E-state index contributed by atoms with van der Waals surface area (Å²) in [6.07, 6.45) is 11.7. The van der Waals surface area contributed by atoms with E-state index < -0.39 is 15.8 Å². The molecule has 4 aromatic rings. The average Bonchev–Trinajstić information content (AvgIpc) is 3.84. The SMILES string of the molecule is CC1=C(c2ccccc2)P2C[C@@]1(C)C(c1ccccc1)=C2C=N[C@H]1CCCC[C@@H]1N=CC1=C(c2ccccc2)[C@]2(C)CP1C(c1ccccc1)=C2C. The molecule has 1 aliphatic carbocycles. The van der Waals surface area contributed by atoms with Crippen molar-refractivity contribution in [3.05, 3.63) is 165 Å². The van der Waals surface area contributed by atoms with E-state index in [0.717, 1.165) is 12.8 Å². The molecule has 0 saturated heterocycles. The van der Waals surface area contributed by atoms with E-state index in [4.69, 9.17) is 9.98 Å². The number of hydrogen-bond donors (Lipinski definition) is 0. The predicted molar refractivity (Wildman–Crippen MR) is 228 cm³/mol. The van der Waals surface area contributed by atoms with E-state index in [0.29, 0.717) is 0 Å². The molecule has 0 N–H and O–H groups in total. The van der Waals surface area contributed by atoms with Crippen LogP contribution >= 0.6 is 15.8 Å². The second-order valence-electron chi connectivity index (χ2n) is 15.7. The van der Waals surface area contributed by atoms with Gasteiger partial charge in [0.05, 0.1) is 12.1 Å². The third kappa shape index (κ3) is 5.44. The van der Waals surface area contributed by atoms with Gasteiger partial charge < -0.3 is 0 Å². The molecule has 4 heterocycles. The number of allylic oxidation sites excluding steroid dienone is 6. The number of aliphatic imine (C=N–C) groups is 2. The first-order valence-corrected chi connectivity index (χ1v) is 22.2. The van der Waals surface area contributed by atoms with Gasteiger partial charge in [-0.3, -0.25) is 9.98 Å². The molecule has 6 atom stereocenters. The Morgan fingerprint density at radius 1 is 0.500 bits per heavy atom. The Morgan fingerprint density at radius 3 is 1.17 bits per heavy atom. The molecule has 0 radical (unpaired) electrons. The van der Waals surface area contributed by atoms with Gasteiger partial charge in [0.1, 0.15) is 0 Å². The Hall–Kier alpha value is -3.96. The van der Waals surface area contributed by atoms with Crippen molar-refractivity contribution in [3.63, 3.8) is 0 Å². The highest BCUT2D eigenvalue weighted by atomic mass is 31.1. The lowest BCUT2D eigenvalue weighted by Gasteiger charge is -2.31. The van der Waals surface area contributed by atoms with Gasteiger partial charge in [-0.15, -0.1) is 0 Å². The van der Waals surface area contributed by atoms with Gasteiger partial charge in [-0.2, -0.15) is 0 Å². The largest absolute Gasteiger partial charge is 0.287 e. The highest BCUT2D eigenvalue weighted by Crippen LogP contribution is 2.78. The Kier molecular flexibility index (Phi) is 8.77. The van der Waals surface area contributed by atoms with Crippen LogP contribution in [0.5, 0.6) is 0 Å². The Balaban J connectivity index is 1.08. The van der Waals surface area contributed by atoms with Crippen molar-refractivity contribution >= 4 is 50.0 Å². The predicted octanol–water partition coefficient (Wildman–Crippen LogP) is 13.2. The zero-order valence-corrected chi connectivity index (χ0v) is 32.7. The summed E-state index contributed by atoms with van der Waals surface area (Å²) < 4.78 is 0. The summed E-state index contributed by atoms with van der Waals surface area (Å²) in [7, 11) is -0.980. The maximum atomic E-state index is 5.56. The summed E-state index contributed by atoms with van der Waals surface area (Å²) >= 11 is 0. The van der Waals surface area contributed by atoms with Crippen LogP contribution in [0.2, 0.25) is 0 Å². The van der Waals surface area contributed by atoms with Crippen molar-refractivity contribution in [2.24, 2.45) is 20.8 Å². The molecular weight excluding hydrogens is 666 g/mol. The number of nitrogens with zero attached hydrogens (tertiary/aromatic N) is 2. The quantitative estimate of drug-likeness (QED) is 0.128. The van der Waals surface area contributed by atoms with Crippen LogP contribution in [-0.2, 0) is 0 Å². The van der Waals surface area contributed by atoms with Gasteiger partial charge in [-0.05, 0) is 98.9 Å². The third-order valence-electron chi connectivity index (χ3n) is 12.7. The van der Waals surface area contributed by atoms with Crippen LogP contribution in [0.1, 0.15) is 75.6 Å². The second-order valence-corrected chi connectivity index (χ2v) is 19.9. The molecule has 1 saturated carbocycles. The Morgan fingerprint density at radius 2 is 0.827 bits per heavy atom.